The van der Waals surface area contributed by atoms with E-state index in [9.17, 15) is 14.4 Å². The third-order valence-electron chi connectivity index (χ3n) is 4.16. The van der Waals surface area contributed by atoms with Crippen LogP contribution in [0.2, 0.25) is 0 Å². The molecule has 0 saturated heterocycles. The molecule has 0 spiro atoms. The monoisotopic (exact) mass is 407 g/mol. The van der Waals surface area contributed by atoms with Crippen LogP contribution < -0.4 is 16.4 Å². The summed E-state index contributed by atoms with van der Waals surface area (Å²) in [6.07, 6.45) is 0.414. The summed E-state index contributed by atoms with van der Waals surface area (Å²) in [4.78, 5) is 35.0. The largest absolute Gasteiger partial charge is 0.421 e. The Bertz CT molecular complexity index is 1060. The zero-order valence-corrected chi connectivity index (χ0v) is 16.3. The Kier molecular flexibility index (Phi) is 6.53. The lowest BCUT2D eigenvalue weighted by Gasteiger charge is -2.07. The average Bonchev–Trinajstić information content (AvgIpc) is 3.20. The van der Waals surface area contributed by atoms with Gasteiger partial charge in [-0.3, -0.25) is 14.4 Å². The first kappa shape index (κ1) is 20.7. The van der Waals surface area contributed by atoms with Gasteiger partial charge in [-0.25, -0.2) is 0 Å². The SMILES string of the molecule is Cc1ccc(-c2nnc(CCC(=O)Nc3cccc(C(=O)NCC(N)=O)c3)o2)cc1. The van der Waals surface area contributed by atoms with Crippen LogP contribution in [0, 0.1) is 6.92 Å². The average molecular weight is 407 g/mol. The molecule has 0 unspecified atom stereocenters. The molecule has 3 rings (SSSR count). The molecule has 2 aromatic carbocycles. The highest BCUT2D eigenvalue weighted by Gasteiger charge is 2.12. The van der Waals surface area contributed by atoms with Crippen molar-refractivity contribution in [1.29, 1.82) is 0 Å². The number of rotatable bonds is 8. The minimum Gasteiger partial charge on any atom is -0.421 e. The van der Waals surface area contributed by atoms with Crippen LogP contribution in [-0.2, 0) is 16.0 Å². The number of nitrogens with zero attached hydrogens (tertiary/aromatic N) is 2. The molecule has 1 aromatic heterocycles. The van der Waals surface area contributed by atoms with Crippen LogP contribution in [0.5, 0.6) is 0 Å². The van der Waals surface area contributed by atoms with Gasteiger partial charge in [0.1, 0.15) is 0 Å². The van der Waals surface area contributed by atoms with E-state index < -0.39 is 11.8 Å². The van der Waals surface area contributed by atoms with Gasteiger partial charge in [-0.05, 0) is 37.3 Å². The van der Waals surface area contributed by atoms with Crippen LogP contribution in [0.4, 0.5) is 5.69 Å². The zero-order valence-electron chi connectivity index (χ0n) is 16.3. The van der Waals surface area contributed by atoms with Gasteiger partial charge in [0.15, 0.2) is 0 Å². The van der Waals surface area contributed by atoms with E-state index in [2.05, 4.69) is 20.8 Å². The standard InChI is InChI=1S/C21H21N5O4/c1-13-5-7-14(8-6-13)21-26-25-19(30-21)10-9-18(28)24-16-4-2-3-15(11-16)20(29)23-12-17(22)27/h2-8,11H,9-10,12H2,1H3,(H2,22,27)(H,23,29)(H,24,28). The minimum atomic E-state index is -0.639. The fourth-order valence-corrected chi connectivity index (χ4v) is 2.62. The first-order valence-corrected chi connectivity index (χ1v) is 9.26. The highest BCUT2D eigenvalue weighted by Crippen LogP contribution is 2.19. The molecular weight excluding hydrogens is 386 g/mol. The number of nitrogens with one attached hydrogen (secondary N) is 2. The second-order valence-electron chi connectivity index (χ2n) is 6.64. The number of primary amides is 1. The summed E-state index contributed by atoms with van der Waals surface area (Å²) in [5, 5.41) is 13.1. The molecule has 9 heteroatoms. The van der Waals surface area contributed by atoms with Crippen LogP contribution in [0.15, 0.2) is 52.9 Å². The predicted molar refractivity (Wildman–Crippen MR) is 109 cm³/mol. The summed E-state index contributed by atoms with van der Waals surface area (Å²) in [5.74, 6) is -0.598. The van der Waals surface area contributed by atoms with Crippen LogP contribution in [-0.4, -0.2) is 34.5 Å². The Balaban J connectivity index is 1.54. The Labute approximate surface area is 172 Å². The van der Waals surface area contributed by atoms with Crippen molar-refractivity contribution in [1.82, 2.24) is 15.5 Å². The normalized spacial score (nSPS) is 10.4. The summed E-state index contributed by atoms with van der Waals surface area (Å²) in [7, 11) is 0. The number of benzene rings is 2. The van der Waals surface area contributed by atoms with Crippen LogP contribution in [0.1, 0.15) is 28.2 Å². The van der Waals surface area contributed by atoms with E-state index in [-0.39, 0.29) is 25.3 Å². The molecular formula is C21H21N5O4. The molecule has 4 N–H and O–H groups in total. The second-order valence-corrected chi connectivity index (χ2v) is 6.64. The van der Waals surface area contributed by atoms with Crippen LogP contribution in [0.25, 0.3) is 11.5 Å². The second kappa shape index (κ2) is 9.46. The molecule has 0 atom stereocenters. The summed E-state index contributed by atoms with van der Waals surface area (Å²) >= 11 is 0. The Morgan fingerprint density at radius 2 is 1.83 bits per heavy atom. The number of carbonyl (C=O) groups is 3. The smallest absolute Gasteiger partial charge is 0.251 e. The van der Waals surface area contributed by atoms with Crippen molar-refractivity contribution in [3.8, 4) is 11.5 Å². The van der Waals surface area contributed by atoms with Crippen molar-refractivity contribution in [2.45, 2.75) is 19.8 Å². The van der Waals surface area contributed by atoms with Gasteiger partial charge in [0, 0.05) is 29.7 Å². The predicted octanol–water partition coefficient (Wildman–Crippen LogP) is 1.83. The van der Waals surface area contributed by atoms with Crippen molar-refractivity contribution in [3.05, 3.63) is 65.5 Å². The first-order valence-electron chi connectivity index (χ1n) is 9.26. The van der Waals surface area contributed by atoms with Crippen molar-refractivity contribution in [2.24, 2.45) is 5.73 Å². The summed E-state index contributed by atoms with van der Waals surface area (Å²) in [5.41, 5.74) is 7.71. The number of carbonyl (C=O) groups excluding carboxylic acids is 3. The van der Waals surface area contributed by atoms with E-state index in [0.717, 1.165) is 11.1 Å². The van der Waals surface area contributed by atoms with E-state index in [1.165, 1.54) is 6.07 Å². The zero-order chi connectivity index (χ0) is 21.5. The van der Waals surface area contributed by atoms with Gasteiger partial charge in [-0.2, -0.15) is 0 Å². The maximum absolute atomic E-state index is 12.2. The van der Waals surface area contributed by atoms with Gasteiger partial charge in [0.25, 0.3) is 5.91 Å². The fourth-order valence-electron chi connectivity index (χ4n) is 2.62. The lowest BCUT2D eigenvalue weighted by molar-refractivity contribution is -0.117. The molecule has 9 nitrogen and oxygen atoms in total. The van der Waals surface area contributed by atoms with Crippen molar-refractivity contribution >= 4 is 23.4 Å². The number of anilines is 1. The van der Waals surface area contributed by atoms with Crippen molar-refractivity contribution in [3.63, 3.8) is 0 Å². The fraction of sp³-hybridized carbons (Fsp3) is 0.190. The quantitative estimate of drug-likeness (QED) is 0.520. The highest BCUT2D eigenvalue weighted by atomic mass is 16.4. The Hall–Kier alpha value is -4.01. The molecule has 0 radical (unpaired) electrons. The first-order chi connectivity index (χ1) is 14.4. The topological polar surface area (TPSA) is 140 Å². The van der Waals surface area contributed by atoms with Gasteiger partial charge in [-0.1, -0.05) is 23.8 Å². The number of nitrogens with two attached hydrogens (primary N) is 1. The lowest BCUT2D eigenvalue weighted by atomic mass is 10.1. The third-order valence-corrected chi connectivity index (χ3v) is 4.16. The maximum atomic E-state index is 12.2. The molecule has 0 aliphatic heterocycles. The molecule has 0 bridgehead atoms. The van der Waals surface area contributed by atoms with E-state index in [1.807, 2.05) is 31.2 Å². The van der Waals surface area contributed by atoms with E-state index in [1.54, 1.807) is 18.2 Å². The van der Waals surface area contributed by atoms with Crippen molar-refractivity contribution < 1.29 is 18.8 Å². The third kappa shape index (κ3) is 5.74. The molecule has 0 fully saturated rings. The Morgan fingerprint density at radius 1 is 1.07 bits per heavy atom. The number of hydrogen-bond donors (Lipinski definition) is 3. The number of hydrogen-bond acceptors (Lipinski definition) is 6. The van der Waals surface area contributed by atoms with E-state index in [4.69, 9.17) is 10.2 Å². The van der Waals surface area contributed by atoms with Gasteiger partial charge < -0.3 is 20.8 Å². The number of amides is 3. The van der Waals surface area contributed by atoms with Gasteiger partial charge >= 0.3 is 0 Å². The lowest BCUT2D eigenvalue weighted by Crippen LogP contribution is -2.33. The molecule has 154 valence electrons. The summed E-state index contributed by atoms with van der Waals surface area (Å²) < 4.78 is 5.61. The maximum Gasteiger partial charge on any atom is 0.251 e. The van der Waals surface area contributed by atoms with E-state index >= 15 is 0 Å². The minimum absolute atomic E-state index is 0.133. The molecule has 0 saturated carbocycles. The molecule has 3 amide bonds. The summed E-state index contributed by atoms with van der Waals surface area (Å²) in [6.45, 7) is 1.73. The number of aryl methyl sites for hydroxylation is 2. The summed E-state index contributed by atoms with van der Waals surface area (Å²) in [6, 6.07) is 14.1. The Morgan fingerprint density at radius 3 is 2.57 bits per heavy atom. The molecule has 1 heterocycles. The van der Waals surface area contributed by atoms with Gasteiger partial charge in [0.05, 0.1) is 6.54 Å². The van der Waals surface area contributed by atoms with E-state index in [0.29, 0.717) is 23.0 Å². The highest BCUT2D eigenvalue weighted by molar-refractivity contribution is 5.98. The molecule has 0 aliphatic rings. The van der Waals surface area contributed by atoms with Crippen molar-refractivity contribution in [2.75, 3.05) is 11.9 Å². The molecule has 3 aromatic rings. The molecule has 30 heavy (non-hydrogen) atoms. The van der Waals surface area contributed by atoms with Crippen LogP contribution >= 0.6 is 0 Å². The van der Waals surface area contributed by atoms with Gasteiger partial charge in [0.2, 0.25) is 23.6 Å². The number of aromatic nitrogens is 2. The molecule has 0 aliphatic carbocycles. The van der Waals surface area contributed by atoms with Crippen LogP contribution in [0.3, 0.4) is 0 Å². The van der Waals surface area contributed by atoms with Gasteiger partial charge in [-0.15, -0.1) is 10.2 Å².